The van der Waals surface area contributed by atoms with Crippen molar-refractivity contribution in [1.29, 1.82) is 0 Å². The Hall–Kier alpha value is -5.02. The minimum Gasteiger partial charge on any atom is -0.366 e. The Morgan fingerprint density at radius 3 is 2.51 bits per heavy atom. The molecule has 1 saturated carbocycles. The number of anilines is 3. The Balaban J connectivity index is 1.27. The van der Waals surface area contributed by atoms with E-state index in [1.54, 1.807) is 36.5 Å². The minimum atomic E-state index is -0.513. The summed E-state index contributed by atoms with van der Waals surface area (Å²) in [5.41, 5.74) is 11.0. The highest BCUT2D eigenvalue weighted by molar-refractivity contribution is 6.30. The van der Waals surface area contributed by atoms with Crippen LogP contribution in [-0.4, -0.2) is 31.8 Å². The maximum absolute atomic E-state index is 12.7. The van der Waals surface area contributed by atoms with E-state index in [9.17, 15) is 9.59 Å². The lowest BCUT2D eigenvalue weighted by molar-refractivity contribution is -0.115. The van der Waals surface area contributed by atoms with E-state index in [1.807, 2.05) is 48.5 Å². The van der Waals surface area contributed by atoms with Crippen molar-refractivity contribution in [2.45, 2.75) is 25.2 Å². The number of nitrogens with one attached hydrogen (secondary N) is 3. The first kappa shape index (κ1) is 26.2. The molecule has 0 aliphatic heterocycles. The zero-order valence-corrected chi connectivity index (χ0v) is 22.7. The van der Waals surface area contributed by atoms with Crippen molar-refractivity contribution in [3.63, 3.8) is 0 Å². The summed E-state index contributed by atoms with van der Waals surface area (Å²) < 4.78 is 0. The number of hydrogen-bond donors (Lipinski definition) is 4. The van der Waals surface area contributed by atoms with Gasteiger partial charge in [-0.15, -0.1) is 0 Å². The molecule has 0 unspecified atom stereocenters. The van der Waals surface area contributed by atoms with Crippen LogP contribution in [0.4, 0.5) is 17.3 Å². The number of H-pyrrole nitrogens is 1. The van der Waals surface area contributed by atoms with Gasteiger partial charge in [-0.25, -0.2) is 15.0 Å². The van der Waals surface area contributed by atoms with Crippen molar-refractivity contribution in [3.8, 4) is 22.6 Å². The van der Waals surface area contributed by atoms with E-state index in [0.29, 0.717) is 39.5 Å². The monoisotopic (exact) mass is 563 g/mol. The molecule has 0 radical (unpaired) electrons. The van der Waals surface area contributed by atoms with Gasteiger partial charge in [0.15, 0.2) is 0 Å². The maximum Gasteiger partial charge on any atom is 0.248 e. The lowest BCUT2D eigenvalue weighted by Gasteiger charge is -2.09. The van der Waals surface area contributed by atoms with Gasteiger partial charge in [0.25, 0.3) is 0 Å². The number of nitrogens with zero attached hydrogens (tertiary/aromatic N) is 3. The molecular weight excluding hydrogens is 538 g/mol. The van der Waals surface area contributed by atoms with Gasteiger partial charge < -0.3 is 21.4 Å². The summed E-state index contributed by atoms with van der Waals surface area (Å²) in [6.45, 7) is 0. The molecule has 2 amide bonds. The van der Waals surface area contributed by atoms with Gasteiger partial charge >= 0.3 is 0 Å². The highest BCUT2D eigenvalue weighted by Crippen LogP contribution is 2.41. The SMILES string of the molecule is NC(=O)c1cccc(Nc2nccc(-c3[nH]c(C4CC4)nc3-c3cccc(NC(=O)Cc4ccc(Cl)cc4)c3)n2)c1. The molecule has 3 aromatic carbocycles. The molecule has 41 heavy (non-hydrogen) atoms. The minimum absolute atomic E-state index is 0.127. The number of nitrogens with two attached hydrogens (primary N) is 1. The van der Waals surface area contributed by atoms with Gasteiger partial charge in [0.2, 0.25) is 17.8 Å². The second-order valence-electron chi connectivity index (χ2n) is 9.89. The molecule has 0 spiro atoms. The Morgan fingerprint density at radius 1 is 0.951 bits per heavy atom. The number of carbonyl (C=O) groups excluding carboxylic acids is 2. The molecule has 2 aromatic heterocycles. The number of imidazole rings is 1. The van der Waals surface area contributed by atoms with E-state index in [4.69, 9.17) is 27.3 Å². The fourth-order valence-electron chi connectivity index (χ4n) is 4.51. The van der Waals surface area contributed by atoms with Gasteiger partial charge in [-0.2, -0.15) is 0 Å². The van der Waals surface area contributed by atoms with Crippen molar-refractivity contribution < 1.29 is 9.59 Å². The number of benzene rings is 3. The standard InChI is InChI=1S/C31H26ClN7O2/c32-22-11-7-18(8-12-22)15-26(40)35-23-5-1-3-20(16-23)27-28(39-30(38-27)19-9-10-19)25-13-14-34-31(37-25)36-24-6-2-4-21(17-24)29(33)41/h1-8,11-14,16-17,19H,9-10,15H2,(H2,33,41)(H,35,40)(H,38,39)(H,34,36,37). The average molecular weight is 564 g/mol. The van der Waals surface area contributed by atoms with E-state index in [1.165, 1.54) is 0 Å². The van der Waals surface area contributed by atoms with E-state index in [0.717, 1.165) is 41.2 Å². The summed E-state index contributed by atoms with van der Waals surface area (Å²) in [4.78, 5) is 41.8. The van der Waals surface area contributed by atoms with Crippen LogP contribution in [0.3, 0.4) is 0 Å². The summed E-state index contributed by atoms with van der Waals surface area (Å²) >= 11 is 5.96. The quantitative estimate of drug-likeness (QED) is 0.171. The van der Waals surface area contributed by atoms with E-state index >= 15 is 0 Å². The summed E-state index contributed by atoms with van der Waals surface area (Å²) in [5.74, 6) is 1.02. The van der Waals surface area contributed by atoms with Gasteiger partial charge in [0, 0.05) is 39.6 Å². The molecule has 10 heteroatoms. The zero-order chi connectivity index (χ0) is 28.3. The third-order valence-electron chi connectivity index (χ3n) is 6.70. The first-order valence-electron chi connectivity index (χ1n) is 13.2. The van der Waals surface area contributed by atoms with Crippen LogP contribution < -0.4 is 16.4 Å². The summed E-state index contributed by atoms with van der Waals surface area (Å²) in [6, 6.07) is 23.5. The predicted octanol–water partition coefficient (Wildman–Crippen LogP) is 6.09. The molecule has 0 bridgehead atoms. The lowest BCUT2D eigenvalue weighted by Crippen LogP contribution is -2.14. The first-order chi connectivity index (χ1) is 19.9. The van der Waals surface area contributed by atoms with Crippen molar-refractivity contribution in [2.24, 2.45) is 5.73 Å². The fraction of sp³-hybridized carbons (Fsp3) is 0.129. The Labute approximate surface area is 241 Å². The van der Waals surface area contributed by atoms with Crippen LogP contribution in [0.1, 0.15) is 40.5 Å². The third kappa shape index (κ3) is 6.26. The van der Waals surface area contributed by atoms with Crippen LogP contribution in [0.5, 0.6) is 0 Å². The Kier molecular flexibility index (Phi) is 7.18. The lowest BCUT2D eigenvalue weighted by atomic mass is 10.1. The molecule has 5 N–H and O–H groups in total. The number of halogens is 1. The zero-order valence-electron chi connectivity index (χ0n) is 21.9. The largest absolute Gasteiger partial charge is 0.366 e. The molecule has 9 nitrogen and oxygen atoms in total. The van der Waals surface area contributed by atoms with Crippen LogP contribution >= 0.6 is 11.6 Å². The van der Waals surface area contributed by atoms with Crippen molar-refractivity contribution in [2.75, 3.05) is 10.6 Å². The van der Waals surface area contributed by atoms with Gasteiger partial charge in [-0.3, -0.25) is 9.59 Å². The second kappa shape index (κ2) is 11.2. The van der Waals surface area contributed by atoms with Crippen LogP contribution in [0, 0.1) is 0 Å². The number of aromatic amines is 1. The number of amides is 2. The number of aromatic nitrogens is 4. The van der Waals surface area contributed by atoms with Crippen LogP contribution in [-0.2, 0) is 11.2 Å². The summed E-state index contributed by atoms with van der Waals surface area (Å²) in [6.07, 6.45) is 4.07. The molecule has 0 saturated heterocycles. The molecule has 1 fully saturated rings. The average Bonchev–Trinajstić information content (AvgIpc) is 3.72. The third-order valence-corrected chi connectivity index (χ3v) is 6.95. The summed E-state index contributed by atoms with van der Waals surface area (Å²) in [5, 5.41) is 6.76. The number of carbonyl (C=O) groups is 2. The van der Waals surface area contributed by atoms with Gasteiger partial charge in [0.1, 0.15) is 5.82 Å². The van der Waals surface area contributed by atoms with Gasteiger partial charge in [-0.05, 0) is 66.9 Å². The van der Waals surface area contributed by atoms with Gasteiger partial charge in [0.05, 0.1) is 23.5 Å². The highest BCUT2D eigenvalue weighted by atomic mass is 35.5. The van der Waals surface area contributed by atoms with Crippen LogP contribution in [0.2, 0.25) is 5.02 Å². The molecule has 5 aromatic rings. The topological polar surface area (TPSA) is 139 Å². The van der Waals surface area contributed by atoms with Crippen molar-refractivity contribution in [1.82, 2.24) is 19.9 Å². The normalized spacial score (nSPS) is 12.6. The highest BCUT2D eigenvalue weighted by Gasteiger charge is 2.29. The van der Waals surface area contributed by atoms with Crippen molar-refractivity contribution in [3.05, 3.63) is 107 Å². The molecule has 204 valence electrons. The van der Waals surface area contributed by atoms with Crippen molar-refractivity contribution >= 4 is 40.7 Å². The molecular formula is C31H26ClN7O2. The van der Waals surface area contributed by atoms with E-state index in [2.05, 4.69) is 20.6 Å². The first-order valence-corrected chi connectivity index (χ1v) is 13.5. The van der Waals surface area contributed by atoms with Crippen LogP contribution in [0.25, 0.3) is 22.6 Å². The Bertz CT molecular complexity index is 1750. The second-order valence-corrected chi connectivity index (χ2v) is 10.3. The smallest absolute Gasteiger partial charge is 0.248 e. The van der Waals surface area contributed by atoms with Crippen LogP contribution in [0.15, 0.2) is 85.1 Å². The van der Waals surface area contributed by atoms with E-state index in [-0.39, 0.29) is 12.3 Å². The predicted molar refractivity (Wildman–Crippen MR) is 159 cm³/mol. The fourth-order valence-corrected chi connectivity index (χ4v) is 4.64. The molecule has 0 atom stereocenters. The Morgan fingerprint density at radius 2 is 1.73 bits per heavy atom. The molecule has 1 aliphatic rings. The molecule has 6 rings (SSSR count). The number of primary amides is 1. The molecule has 1 aliphatic carbocycles. The molecule has 2 heterocycles. The number of rotatable bonds is 9. The number of hydrogen-bond acceptors (Lipinski definition) is 6. The van der Waals surface area contributed by atoms with Gasteiger partial charge in [-0.1, -0.05) is 41.9 Å². The maximum atomic E-state index is 12.7. The summed E-state index contributed by atoms with van der Waals surface area (Å²) in [7, 11) is 0. The van der Waals surface area contributed by atoms with E-state index < -0.39 is 5.91 Å².